The van der Waals surface area contributed by atoms with E-state index in [0.29, 0.717) is 43.2 Å². The summed E-state index contributed by atoms with van der Waals surface area (Å²) in [4.78, 5) is 26.2. The zero-order valence-electron chi connectivity index (χ0n) is 16.1. The highest BCUT2D eigenvalue weighted by Crippen LogP contribution is 2.33. The maximum atomic E-state index is 12.5. The van der Waals surface area contributed by atoms with Crippen LogP contribution in [0.4, 0.5) is 11.4 Å². The van der Waals surface area contributed by atoms with E-state index in [1.807, 2.05) is 21.0 Å². The summed E-state index contributed by atoms with van der Waals surface area (Å²) in [5.74, 6) is -0.0654. The van der Waals surface area contributed by atoms with Crippen molar-refractivity contribution in [2.75, 3.05) is 45.7 Å². The molecule has 2 rings (SSSR count). The minimum atomic E-state index is -0.453. The number of carbonyl (C=O) groups excluding carboxylic acids is 1. The molecule has 0 atom stereocenters. The Labute approximate surface area is 164 Å². The Hall–Kier alpha value is -1.84. The van der Waals surface area contributed by atoms with E-state index in [-0.39, 0.29) is 11.6 Å². The highest BCUT2D eigenvalue weighted by Gasteiger charge is 2.35. The lowest BCUT2D eigenvalue weighted by Gasteiger charge is -2.31. The van der Waals surface area contributed by atoms with E-state index in [1.165, 1.54) is 6.07 Å². The Morgan fingerprint density at radius 2 is 2.07 bits per heavy atom. The fraction of sp³-hybridized carbons (Fsp3) is 0.611. The predicted octanol–water partition coefficient (Wildman–Crippen LogP) is 2.90. The average molecular weight is 397 g/mol. The summed E-state index contributed by atoms with van der Waals surface area (Å²) in [5, 5.41) is 14.5. The number of anilines is 1. The third-order valence-corrected chi connectivity index (χ3v) is 5.45. The number of hydrogen-bond acceptors (Lipinski definition) is 7. The molecular formula is C18H28N4O4S. The van der Waals surface area contributed by atoms with Gasteiger partial charge >= 0.3 is 0 Å². The number of nitro benzene ring substituents is 1. The molecular weight excluding hydrogens is 368 g/mol. The summed E-state index contributed by atoms with van der Waals surface area (Å²) in [6.07, 6.45) is 2.24. The van der Waals surface area contributed by atoms with Crippen LogP contribution in [0.5, 0.6) is 0 Å². The summed E-state index contributed by atoms with van der Waals surface area (Å²) in [5.41, 5.74) is 0.0488. The van der Waals surface area contributed by atoms with Crippen LogP contribution in [-0.4, -0.2) is 56.1 Å². The van der Waals surface area contributed by atoms with Crippen molar-refractivity contribution < 1.29 is 14.5 Å². The maximum Gasteiger partial charge on any atom is 0.293 e. The van der Waals surface area contributed by atoms with Crippen LogP contribution in [0.3, 0.4) is 0 Å². The molecule has 0 unspecified atom stereocenters. The van der Waals surface area contributed by atoms with E-state index in [4.69, 9.17) is 4.74 Å². The second kappa shape index (κ2) is 9.91. The van der Waals surface area contributed by atoms with Gasteiger partial charge in [-0.15, -0.1) is 0 Å². The molecule has 0 spiro atoms. The second-order valence-corrected chi connectivity index (χ2v) is 8.11. The van der Waals surface area contributed by atoms with E-state index in [9.17, 15) is 14.9 Å². The number of ether oxygens (including phenoxy) is 1. The van der Waals surface area contributed by atoms with Crippen molar-refractivity contribution in [2.24, 2.45) is 5.41 Å². The van der Waals surface area contributed by atoms with Crippen molar-refractivity contribution in [1.82, 2.24) is 9.62 Å². The van der Waals surface area contributed by atoms with Gasteiger partial charge in [-0.25, -0.2) is 0 Å². The molecule has 0 saturated carbocycles. The number of nitro groups is 1. The first kappa shape index (κ1) is 21.5. The lowest BCUT2D eigenvalue weighted by atomic mass is 9.82. The first-order valence-electron chi connectivity index (χ1n) is 9.04. The molecule has 27 heavy (non-hydrogen) atoms. The van der Waals surface area contributed by atoms with Gasteiger partial charge in [0.1, 0.15) is 5.69 Å². The van der Waals surface area contributed by atoms with Crippen LogP contribution < -0.4 is 10.0 Å². The maximum absolute atomic E-state index is 12.5. The molecule has 1 saturated heterocycles. The second-order valence-electron chi connectivity index (χ2n) is 7.23. The Morgan fingerprint density at radius 3 is 2.70 bits per heavy atom. The van der Waals surface area contributed by atoms with Crippen LogP contribution in [0.2, 0.25) is 0 Å². The molecule has 0 aliphatic carbocycles. The minimum absolute atomic E-state index is 0.0105. The molecule has 1 amide bonds. The Bertz CT molecular complexity index is 663. The van der Waals surface area contributed by atoms with Crippen LogP contribution in [0.1, 0.15) is 26.2 Å². The fourth-order valence-electron chi connectivity index (χ4n) is 2.77. The van der Waals surface area contributed by atoms with Crippen LogP contribution >= 0.6 is 11.9 Å². The number of hydrogen-bond donors (Lipinski definition) is 2. The van der Waals surface area contributed by atoms with Crippen molar-refractivity contribution in [2.45, 2.75) is 31.1 Å². The standard InChI is InChI=1S/C18H28N4O4S/c1-18(7-11-26-12-8-18)17(23)20-27-14-5-6-15(16(13-14)22(24)25)19-9-4-10-21(2)3/h5-6,13,19H,4,7-12H2,1-3H3,(H,20,23). The first-order chi connectivity index (χ1) is 12.8. The summed E-state index contributed by atoms with van der Waals surface area (Å²) >= 11 is 1.11. The van der Waals surface area contributed by atoms with Crippen LogP contribution in [0.15, 0.2) is 23.1 Å². The Morgan fingerprint density at radius 1 is 1.37 bits per heavy atom. The van der Waals surface area contributed by atoms with Crippen molar-refractivity contribution in [1.29, 1.82) is 0 Å². The van der Waals surface area contributed by atoms with Gasteiger partial charge in [0.25, 0.3) is 5.69 Å². The number of carbonyl (C=O) groups is 1. The lowest BCUT2D eigenvalue weighted by molar-refractivity contribution is -0.384. The molecule has 1 aliphatic heterocycles. The Kier molecular flexibility index (Phi) is 7.88. The van der Waals surface area contributed by atoms with Gasteiger partial charge in [-0.05, 0) is 64.0 Å². The predicted molar refractivity (Wildman–Crippen MR) is 107 cm³/mol. The van der Waals surface area contributed by atoms with Crippen molar-refractivity contribution >= 4 is 29.2 Å². The lowest BCUT2D eigenvalue weighted by Crippen LogP contribution is -2.40. The number of nitrogens with zero attached hydrogens (tertiary/aromatic N) is 2. The van der Waals surface area contributed by atoms with E-state index in [1.54, 1.807) is 12.1 Å². The first-order valence-corrected chi connectivity index (χ1v) is 9.85. The number of nitrogens with one attached hydrogen (secondary N) is 2. The molecule has 8 nitrogen and oxygen atoms in total. The molecule has 1 aliphatic rings. The summed E-state index contributed by atoms with van der Waals surface area (Å²) in [7, 11) is 3.98. The molecule has 9 heteroatoms. The highest BCUT2D eigenvalue weighted by atomic mass is 32.2. The molecule has 1 aromatic carbocycles. The van der Waals surface area contributed by atoms with E-state index in [0.717, 1.165) is 24.9 Å². The number of rotatable bonds is 9. The van der Waals surface area contributed by atoms with Gasteiger partial charge in [-0.2, -0.15) is 0 Å². The van der Waals surface area contributed by atoms with Crippen molar-refractivity contribution in [3.63, 3.8) is 0 Å². The number of benzene rings is 1. The van der Waals surface area contributed by atoms with Gasteiger partial charge in [0.2, 0.25) is 5.91 Å². The third kappa shape index (κ3) is 6.37. The normalized spacial score (nSPS) is 16.1. The minimum Gasteiger partial charge on any atom is -0.381 e. The van der Waals surface area contributed by atoms with E-state index < -0.39 is 10.3 Å². The monoisotopic (exact) mass is 396 g/mol. The van der Waals surface area contributed by atoms with Crippen LogP contribution in [0.25, 0.3) is 0 Å². The summed E-state index contributed by atoms with van der Waals surface area (Å²) in [6.45, 7) is 4.64. The van der Waals surface area contributed by atoms with Gasteiger partial charge in [0, 0.05) is 30.7 Å². The van der Waals surface area contributed by atoms with Crippen molar-refractivity contribution in [3.8, 4) is 0 Å². The quantitative estimate of drug-likeness (QED) is 0.287. The van der Waals surface area contributed by atoms with Crippen LogP contribution in [-0.2, 0) is 9.53 Å². The molecule has 2 N–H and O–H groups in total. The zero-order chi connectivity index (χ0) is 19.9. The van der Waals surface area contributed by atoms with E-state index in [2.05, 4.69) is 14.9 Å². The van der Waals surface area contributed by atoms with E-state index >= 15 is 0 Å². The molecule has 1 fully saturated rings. The molecule has 1 heterocycles. The van der Waals surface area contributed by atoms with Crippen molar-refractivity contribution in [3.05, 3.63) is 28.3 Å². The topological polar surface area (TPSA) is 96.7 Å². The van der Waals surface area contributed by atoms with Crippen LogP contribution in [0, 0.1) is 15.5 Å². The zero-order valence-corrected chi connectivity index (χ0v) is 16.9. The number of amides is 1. The summed E-state index contributed by atoms with van der Waals surface area (Å²) < 4.78 is 8.15. The smallest absolute Gasteiger partial charge is 0.293 e. The molecule has 150 valence electrons. The molecule has 1 aromatic rings. The van der Waals surface area contributed by atoms with Gasteiger partial charge in [0.15, 0.2) is 0 Å². The largest absolute Gasteiger partial charge is 0.381 e. The van der Waals surface area contributed by atoms with Gasteiger partial charge in [-0.1, -0.05) is 6.92 Å². The summed E-state index contributed by atoms with van der Waals surface area (Å²) in [6, 6.07) is 4.96. The fourth-order valence-corrected chi connectivity index (χ4v) is 3.53. The SMILES string of the molecule is CN(C)CCCNc1ccc(SNC(=O)C2(C)CCOCC2)cc1[N+](=O)[O-]. The third-order valence-electron chi connectivity index (χ3n) is 4.67. The Balaban J connectivity index is 1.96. The molecule has 0 aromatic heterocycles. The van der Waals surface area contributed by atoms with Gasteiger partial charge in [0.05, 0.1) is 10.3 Å². The van der Waals surface area contributed by atoms with Gasteiger partial charge in [-0.3, -0.25) is 19.6 Å². The average Bonchev–Trinajstić information content (AvgIpc) is 2.64. The highest BCUT2D eigenvalue weighted by molar-refractivity contribution is 7.98. The molecule has 0 bridgehead atoms. The molecule has 0 radical (unpaired) electrons. The van der Waals surface area contributed by atoms with Gasteiger partial charge < -0.3 is 15.0 Å².